The zero-order valence-electron chi connectivity index (χ0n) is 15.0. The van der Waals surface area contributed by atoms with E-state index in [1.54, 1.807) is 30.3 Å². The van der Waals surface area contributed by atoms with Crippen LogP contribution in [0.4, 0.5) is 10.1 Å². The minimum atomic E-state index is -0.657. The Hall–Kier alpha value is -3.00. The van der Waals surface area contributed by atoms with Crippen molar-refractivity contribution in [3.05, 3.63) is 81.8 Å². The average Bonchev–Trinajstić information content (AvgIpc) is 3.17. The molecule has 0 saturated carbocycles. The fourth-order valence-corrected chi connectivity index (χ4v) is 3.44. The van der Waals surface area contributed by atoms with E-state index >= 15 is 0 Å². The van der Waals surface area contributed by atoms with Gasteiger partial charge in [-0.1, -0.05) is 23.2 Å². The molecule has 2 heterocycles. The van der Waals surface area contributed by atoms with Gasteiger partial charge in [0, 0.05) is 5.56 Å². The third-order valence-corrected chi connectivity index (χ3v) is 5.33. The Kier molecular flexibility index (Phi) is 5.42. The smallest absolute Gasteiger partial charge is 0.270 e. The molecule has 1 fully saturated rings. The number of carbonyl (C=O) groups excluding carboxylic acids is 2. The molecule has 5 nitrogen and oxygen atoms in total. The zero-order chi connectivity index (χ0) is 21.4. The Labute approximate surface area is 185 Å². The van der Waals surface area contributed by atoms with E-state index in [4.69, 9.17) is 39.8 Å². The summed E-state index contributed by atoms with van der Waals surface area (Å²) >= 11 is 17.1. The Morgan fingerprint density at radius 3 is 2.43 bits per heavy atom. The van der Waals surface area contributed by atoms with Crippen molar-refractivity contribution < 1.29 is 18.4 Å². The number of carbonyl (C=O) groups is 2. The maximum Gasteiger partial charge on any atom is 0.270 e. The second-order valence-corrected chi connectivity index (χ2v) is 7.47. The van der Waals surface area contributed by atoms with Gasteiger partial charge in [0.05, 0.1) is 15.7 Å². The molecule has 2 amide bonds. The summed E-state index contributed by atoms with van der Waals surface area (Å²) in [6.45, 7) is 0. The summed E-state index contributed by atoms with van der Waals surface area (Å²) in [7, 11) is 0. The van der Waals surface area contributed by atoms with Crippen LogP contribution in [0.1, 0.15) is 5.76 Å². The van der Waals surface area contributed by atoms with Gasteiger partial charge in [-0.05, 0) is 72.9 Å². The van der Waals surface area contributed by atoms with Crippen molar-refractivity contribution in [2.45, 2.75) is 0 Å². The van der Waals surface area contributed by atoms with Crippen molar-refractivity contribution in [2.24, 2.45) is 0 Å². The molecule has 150 valence electrons. The number of furan rings is 1. The Morgan fingerprint density at radius 2 is 1.73 bits per heavy atom. The highest BCUT2D eigenvalue weighted by molar-refractivity contribution is 7.80. The van der Waals surface area contributed by atoms with Crippen molar-refractivity contribution in [1.82, 2.24) is 5.32 Å². The predicted molar refractivity (Wildman–Crippen MR) is 117 cm³/mol. The molecule has 3 aromatic rings. The number of hydrogen-bond acceptors (Lipinski definition) is 4. The average molecular weight is 461 g/mol. The topological polar surface area (TPSA) is 62.6 Å². The molecule has 0 aliphatic carbocycles. The third-order valence-electron chi connectivity index (χ3n) is 4.30. The van der Waals surface area contributed by atoms with Crippen molar-refractivity contribution in [3.63, 3.8) is 0 Å². The Morgan fingerprint density at radius 1 is 1.00 bits per heavy atom. The van der Waals surface area contributed by atoms with Gasteiger partial charge in [0.25, 0.3) is 11.8 Å². The molecule has 1 aliphatic rings. The molecule has 4 rings (SSSR count). The second kappa shape index (κ2) is 8.02. The highest BCUT2D eigenvalue weighted by atomic mass is 35.5. The summed E-state index contributed by atoms with van der Waals surface area (Å²) in [6.07, 6.45) is 1.32. The molecular weight excluding hydrogens is 450 g/mol. The van der Waals surface area contributed by atoms with Crippen LogP contribution in [0.5, 0.6) is 0 Å². The normalized spacial score (nSPS) is 15.6. The van der Waals surface area contributed by atoms with Crippen LogP contribution in [0, 0.1) is 5.82 Å². The molecule has 0 radical (unpaired) electrons. The molecular formula is C21H11Cl2FN2O3S. The van der Waals surface area contributed by atoms with Gasteiger partial charge in [0.2, 0.25) is 0 Å². The van der Waals surface area contributed by atoms with Crippen molar-refractivity contribution >= 4 is 64.1 Å². The lowest BCUT2D eigenvalue weighted by atomic mass is 10.1. The first-order valence-electron chi connectivity index (χ1n) is 8.56. The standard InChI is InChI=1S/C21H11Cl2FN2O3S/c22-16-7-1-11(9-17(16)23)18-8-6-14(29-18)10-15-19(27)25-21(30)26(20(15)28)13-4-2-12(24)3-5-13/h1-10H,(H,25,27,30)/b15-10+. The fourth-order valence-electron chi connectivity index (χ4n) is 2.86. The van der Waals surface area contributed by atoms with Gasteiger partial charge in [0.15, 0.2) is 5.11 Å². The molecule has 0 bridgehead atoms. The molecule has 1 N–H and O–H groups in total. The van der Waals surface area contributed by atoms with Gasteiger partial charge in [-0.3, -0.25) is 19.8 Å². The van der Waals surface area contributed by atoms with Gasteiger partial charge in [0.1, 0.15) is 22.9 Å². The summed E-state index contributed by atoms with van der Waals surface area (Å²) in [6, 6.07) is 13.5. The van der Waals surface area contributed by atoms with Crippen molar-refractivity contribution in [2.75, 3.05) is 4.90 Å². The lowest BCUT2D eigenvalue weighted by molar-refractivity contribution is -0.122. The molecule has 0 spiro atoms. The van der Waals surface area contributed by atoms with Gasteiger partial charge in [-0.2, -0.15) is 0 Å². The van der Waals surface area contributed by atoms with E-state index < -0.39 is 17.6 Å². The summed E-state index contributed by atoms with van der Waals surface area (Å²) < 4.78 is 19.0. The van der Waals surface area contributed by atoms with E-state index in [-0.39, 0.29) is 16.4 Å². The van der Waals surface area contributed by atoms with E-state index in [0.29, 0.717) is 27.1 Å². The highest BCUT2D eigenvalue weighted by Crippen LogP contribution is 2.30. The maximum atomic E-state index is 13.2. The van der Waals surface area contributed by atoms with Gasteiger partial charge < -0.3 is 4.42 Å². The van der Waals surface area contributed by atoms with Crippen LogP contribution < -0.4 is 10.2 Å². The number of nitrogens with one attached hydrogen (secondary N) is 1. The van der Waals surface area contributed by atoms with E-state index in [1.165, 1.54) is 30.3 Å². The molecule has 1 aromatic heterocycles. The number of anilines is 1. The highest BCUT2D eigenvalue weighted by Gasteiger charge is 2.34. The zero-order valence-corrected chi connectivity index (χ0v) is 17.3. The second-order valence-electron chi connectivity index (χ2n) is 6.27. The first kappa shape index (κ1) is 20.3. The van der Waals surface area contributed by atoms with Gasteiger partial charge >= 0.3 is 0 Å². The molecule has 1 aliphatic heterocycles. The quantitative estimate of drug-likeness (QED) is 0.330. The molecule has 2 aromatic carbocycles. The van der Waals surface area contributed by atoms with Crippen LogP contribution in [-0.4, -0.2) is 16.9 Å². The number of rotatable bonds is 3. The maximum absolute atomic E-state index is 13.2. The van der Waals surface area contributed by atoms with Crippen LogP contribution in [0.25, 0.3) is 17.4 Å². The summed E-state index contributed by atoms with van der Waals surface area (Å²) in [4.78, 5) is 26.4. The molecule has 30 heavy (non-hydrogen) atoms. The first-order chi connectivity index (χ1) is 14.3. The first-order valence-corrected chi connectivity index (χ1v) is 9.72. The number of amides is 2. The number of hydrogen-bond donors (Lipinski definition) is 1. The van der Waals surface area contributed by atoms with Crippen LogP contribution in [-0.2, 0) is 9.59 Å². The van der Waals surface area contributed by atoms with E-state index in [2.05, 4.69) is 5.32 Å². The van der Waals surface area contributed by atoms with Crippen LogP contribution in [0.3, 0.4) is 0 Å². The Bertz CT molecular complexity index is 1220. The van der Waals surface area contributed by atoms with Crippen molar-refractivity contribution in [1.29, 1.82) is 0 Å². The van der Waals surface area contributed by atoms with E-state index in [0.717, 1.165) is 4.90 Å². The lowest BCUT2D eigenvalue weighted by Gasteiger charge is -2.28. The molecule has 1 saturated heterocycles. The van der Waals surface area contributed by atoms with Gasteiger partial charge in [-0.15, -0.1) is 0 Å². The van der Waals surface area contributed by atoms with E-state index in [9.17, 15) is 14.0 Å². The largest absolute Gasteiger partial charge is 0.457 e. The monoisotopic (exact) mass is 460 g/mol. The third kappa shape index (κ3) is 3.87. The van der Waals surface area contributed by atoms with Gasteiger partial charge in [-0.25, -0.2) is 4.39 Å². The SMILES string of the molecule is O=C1NC(=S)N(c2ccc(F)cc2)C(=O)/C1=C/c1ccc(-c2ccc(Cl)c(Cl)c2)o1. The number of thiocarbonyl (C=S) groups is 1. The van der Waals surface area contributed by atoms with Crippen LogP contribution >= 0.6 is 35.4 Å². The minimum absolute atomic E-state index is 0.0929. The fraction of sp³-hybridized carbons (Fsp3) is 0. The number of halogens is 3. The lowest BCUT2D eigenvalue weighted by Crippen LogP contribution is -2.54. The number of benzene rings is 2. The molecule has 0 atom stereocenters. The summed E-state index contributed by atoms with van der Waals surface area (Å²) in [5.74, 6) is -1.01. The molecule has 9 heteroatoms. The number of nitrogens with zero attached hydrogens (tertiary/aromatic N) is 1. The van der Waals surface area contributed by atoms with Crippen molar-refractivity contribution in [3.8, 4) is 11.3 Å². The summed E-state index contributed by atoms with van der Waals surface area (Å²) in [5, 5.41) is 3.15. The Balaban J connectivity index is 1.67. The minimum Gasteiger partial charge on any atom is -0.457 e. The molecule has 0 unspecified atom stereocenters. The van der Waals surface area contributed by atoms with Crippen LogP contribution in [0.15, 0.2) is 64.6 Å². The van der Waals surface area contributed by atoms with Crippen LogP contribution in [0.2, 0.25) is 10.0 Å². The summed E-state index contributed by atoms with van der Waals surface area (Å²) in [5.41, 5.74) is 0.832. The predicted octanol–water partition coefficient (Wildman–Crippen LogP) is 5.22. The van der Waals surface area contributed by atoms with E-state index in [1.807, 2.05) is 0 Å².